The minimum absolute atomic E-state index is 0.0149. The number of aromatic hydroxyl groups is 1. The Labute approximate surface area is 110 Å². The number of carbonyl (C=O) groups is 1. The molecule has 0 radical (unpaired) electrons. The van der Waals surface area contributed by atoms with Gasteiger partial charge in [-0.15, -0.1) is 0 Å². The minimum atomic E-state index is -0.502. The van der Waals surface area contributed by atoms with Crippen molar-refractivity contribution in [3.63, 3.8) is 0 Å². The first-order valence-electron chi connectivity index (χ1n) is 5.89. The smallest absolute Gasteiger partial charge is 0.218 e. The molecule has 0 fully saturated rings. The van der Waals surface area contributed by atoms with E-state index in [1.165, 1.54) is 18.2 Å². The van der Waals surface area contributed by atoms with E-state index in [1.54, 1.807) is 0 Å². The molecule has 0 saturated carbocycles. The van der Waals surface area contributed by atoms with Crippen LogP contribution in [0.4, 0.5) is 4.39 Å². The molecule has 0 heterocycles. The van der Waals surface area contributed by atoms with Gasteiger partial charge in [-0.25, -0.2) is 4.39 Å². The molecule has 2 rings (SSSR count). The third-order valence-corrected chi connectivity index (χ3v) is 2.97. The van der Waals surface area contributed by atoms with Gasteiger partial charge in [0, 0.05) is 17.9 Å². The summed E-state index contributed by atoms with van der Waals surface area (Å²) in [6.07, 6.45) is 0.0149. The second-order valence-corrected chi connectivity index (χ2v) is 4.34. The molecule has 2 aromatic carbocycles. The molecule has 3 nitrogen and oxygen atoms in total. The number of amides is 1. The van der Waals surface area contributed by atoms with E-state index in [2.05, 4.69) is 0 Å². The van der Waals surface area contributed by atoms with Gasteiger partial charge < -0.3 is 10.8 Å². The second kappa shape index (κ2) is 5.52. The summed E-state index contributed by atoms with van der Waals surface area (Å²) in [5.41, 5.74) is 6.42. The molecule has 3 N–H and O–H groups in total. The highest BCUT2D eigenvalue weighted by Gasteiger charge is 2.20. The molecule has 0 bridgehead atoms. The third kappa shape index (κ3) is 3.10. The standard InChI is InChI=1S/C15H14FNO2/c16-11-6-7-14(18)13(8-11)12(9-15(17)19)10-4-2-1-3-5-10/h1-8,12,18H,9H2,(H2,17,19)/t12-/m1/s1. The molecule has 2 aromatic rings. The van der Waals surface area contributed by atoms with Gasteiger partial charge in [0.2, 0.25) is 5.91 Å². The van der Waals surface area contributed by atoms with E-state index in [0.717, 1.165) is 5.56 Å². The maximum atomic E-state index is 13.3. The van der Waals surface area contributed by atoms with E-state index in [1.807, 2.05) is 30.3 Å². The van der Waals surface area contributed by atoms with E-state index in [0.29, 0.717) is 5.56 Å². The lowest BCUT2D eigenvalue weighted by Gasteiger charge is -2.17. The Balaban J connectivity index is 2.48. The molecule has 98 valence electrons. The van der Waals surface area contributed by atoms with Crippen molar-refractivity contribution in [2.45, 2.75) is 12.3 Å². The maximum absolute atomic E-state index is 13.3. The van der Waals surface area contributed by atoms with E-state index < -0.39 is 17.6 Å². The molecule has 1 atom stereocenters. The van der Waals surface area contributed by atoms with Crippen LogP contribution >= 0.6 is 0 Å². The van der Waals surface area contributed by atoms with Crippen LogP contribution in [0.2, 0.25) is 0 Å². The zero-order chi connectivity index (χ0) is 13.8. The monoisotopic (exact) mass is 259 g/mol. The van der Waals surface area contributed by atoms with Crippen molar-refractivity contribution in [1.82, 2.24) is 0 Å². The first kappa shape index (κ1) is 13.1. The van der Waals surface area contributed by atoms with Crippen LogP contribution in [0.15, 0.2) is 48.5 Å². The highest BCUT2D eigenvalue weighted by molar-refractivity contribution is 5.75. The fourth-order valence-electron chi connectivity index (χ4n) is 2.10. The van der Waals surface area contributed by atoms with Gasteiger partial charge in [0.1, 0.15) is 11.6 Å². The van der Waals surface area contributed by atoms with Crippen molar-refractivity contribution in [1.29, 1.82) is 0 Å². The number of nitrogens with two attached hydrogens (primary N) is 1. The SMILES string of the molecule is NC(=O)C[C@H](c1ccccc1)c1cc(F)ccc1O. The Morgan fingerprint density at radius 3 is 2.53 bits per heavy atom. The summed E-state index contributed by atoms with van der Waals surface area (Å²) in [7, 11) is 0. The lowest BCUT2D eigenvalue weighted by molar-refractivity contribution is -0.118. The van der Waals surface area contributed by atoms with Gasteiger partial charge in [0.25, 0.3) is 0 Å². The Bertz CT molecular complexity index is 584. The number of halogens is 1. The summed E-state index contributed by atoms with van der Waals surface area (Å²) in [5, 5.41) is 9.86. The molecule has 0 unspecified atom stereocenters. The van der Waals surface area contributed by atoms with Crippen LogP contribution in [0.1, 0.15) is 23.5 Å². The minimum Gasteiger partial charge on any atom is -0.508 e. The van der Waals surface area contributed by atoms with Crippen LogP contribution in [0, 0.1) is 5.82 Å². The molecule has 19 heavy (non-hydrogen) atoms. The third-order valence-electron chi connectivity index (χ3n) is 2.97. The van der Waals surface area contributed by atoms with Crippen LogP contribution in [-0.2, 0) is 4.79 Å². The number of carbonyl (C=O) groups excluding carboxylic acids is 1. The number of rotatable bonds is 4. The molecule has 0 aliphatic carbocycles. The maximum Gasteiger partial charge on any atom is 0.218 e. The number of benzene rings is 2. The lowest BCUT2D eigenvalue weighted by Crippen LogP contribution is -2.16. The molecule has 0 aliphatic rings. The Hall–Kier alpha value is -2.36. The summed E-state index contributed by atoms with van der Waals surface area (Å²) in [6.45, 7) is 0. The summed E-state index contributed by atoms with van der Waals surface area (Å²) < 4.78 is 13.3. The van der Waals surface area contributed by atoms with Gasteiger partial charge in [0.15, 0.2) is 0 Å². The first-order valence-corrected chi connectivity index (χ1v) is 5.89. The van der Waals surface area contributed by atoms with E-state index in [-0.39, 0.29) is 12.2 Å². The summed E-state index contributed by atoms with van der Waals surface area (Å²) >= 11 is 0. The van der Waals surface area contributed by atoms with Gasteiger partial charge >= 0.3 is 0 Å². The fraction of sp³-hybridized carbons (Fsp3) is 0.133. The van der Waals surface area contributed by atoms with E-state index in [9.17, 15) is 14.3 Å². The van der Waals surface area contributed by atoms with E-state index in [4.69, 9.17) is 5.73 Å². The van der Waals surface area contributed by atoms with Crippen molar-refractivity contribution in [3.8, 4) is 5.75 Å². The molecule has 1 amide bonds. The number of hydrogen-bond donors (Lipinski definition) is 2. The van der Waals surface area contributed by atoms with Gasteiger partial charge in [-0.05, 0) is 23.8 Å². The van der Waals surface area contributed by atoms with Gasteiger partial charge in [-0.1, -0.05) is 30.3 Å². The van der Waals surface area contributed by atoms with Crippen molar-refractivity contribution in [2.24, 2.45) is 5.73 Å². The van der Waals surface area contributed by atoms with Gasteiger partial charge in [-0.3, -0.25) is 4.79 Å². The zero-order valence-electron chi connectivity index (χ0n) is 10.2. The largest absolute Gasteiger partial charge is 0.508 e. The highest BCUT2D eigenvalue weighted by Crippen LogP contribution is 2.34. The summed E-state index contributed by atoms with van der Waals surface area (Å²) in [5.74, 6) is -1.46. The van der Waals surface area contributed by atoms with Crippen LogP contribution < -0.4 is 5.73 Å². The predicted octanol–water partition coefficient (Wildman–Crippen LogP) is 2.54. The molecular weight excluding hydrogens is 245 g/mol. The highest BCUT2D eigenvalue weighted by atomic mass is 19.1. The topological polar surface area (TPSA) is 63.3 Å². The number of phenolic OH excluding ortho intramolecular Hbond substituents is 1. The van der Waals surface area contributed by atoms with Crippen LogP contribution in [0.5, 0.6) is 5.75 Å². The molecule has 0 spiro atoms. The van der Waals surface area contributed by atoms with E-state index >= 15 is 0 Å². The normalized spacial score (nSPS) is 12.1. The Morgan fingerprint density at radius 1 is 1.21 bits per heavy atom. The molecule has 0 aromatic heterocycles. The number of primary amides is 1. The van der Waals surface area contributed by atoms with Crippen LogP contribution in [0.3, 0.4) is 0 Å². The number of phenols is 1. The average molecular weight is 259 g/mol. The molecular formula is C15H14FNO2. The zero-order valence-corrected chi connectivity index (χ0v) is 10.2. The van der Waals surface area contributed by atoms with Crippen molar-refractivity contribution in [2.75, 3.05) is 0 Å². The quantitative estimate of drug-likeness (QED) is 0.886. The van der Waals surface area contributed by atoms with Gasteiger partial charge in [-0.2, -0.15) is 0 Å². The Morgan fingerprint density at radius 2 is 1.89 bits per heavy atom. The predicted molar refractivity (Wildman–Crippen MR) is 70.2 cm³/mol. The second-order valence-electron chi connectivity index (χ2n) is 4.34. The van der Waals surface area contributed by atoms with Gasteiger partial charge in [0.05, 0.1) is 0 Å². The van der Waals surface area contributed by atoms with Crippen molar-refractivity contribution < 1.29 is 14.3 Å². The summed E-state index contributed by atoms with van der Waals surface area (Å²) in [4.78, 5) is 11.2. The van der Waals surface area contributed by atoms with Crippen molar-refractivity contribution >= 4 is 5.91 Å². The lowest BCUT2D eigenvalue weighted by atomic mass is 9.87. The number of hydrogen-bond acceptors (Lipinski definition) is 2. The molecule has 4 heteroatoms. The molecule has 0 aliphatic heterocycles. The molecule has 0 saturated heterocycles. The Kier molecular flexibility index (Phi) is 3.80. The van der Waals surface area contributed by atoms with Crippen molar-refractivity contribution in [3.05, 3.63) is 65.5 Å². The van der Waals surface area contributed by atoms with Crippen LogP contribution in [-0.4, -0.2) is 11.0 Å². The fourth-order valence-corrected chi connectivity index (χ4v) is 2.10. The average Bonchev–Trinajstić information content (AvgIpc) is 2.40. The first-order chi connectivity index (χ1) is 9.08. The van der Waals surface area contributed by atoms with Crippen LogP contribution in [0.25, 0.3) is 0 Å². The summed E-state index contributed by atoms with van der Waals surface area (Å²) in [6, 6.07) is 12.8.